The third kappa shape index (κ3) is 10.6. The minimum absolute atomic E-state index is 0.167. The van der Waals surface area contributed by atoms with E-state index in [9.17, 15) is 4.79 Å². The molecule has 0 unspecified atom stereocenters. The molecule has 0 aliphatic heterocycles. The van der Waals surface area contributed by atoms with Crippen molar-refractivity contribution in [1.82, 2.24) is 0 Å². The highest BCUT2D eigenvalue weighted by Crippen LogP contribution is 2.05. The molecule has 0 aliphatic rings. The molecule has 0 spiro atoms. The Morgan fingerprint density at radius 1 is 1.14 bits per heavy atom. The summed E-state index contributed by atoms with van der Waals surface area (Å²) < 4.78 is 4.50. The van der Waals surface area contributed by atoms with Gasteiger partial charge in [-0.3, -0.25) is 0 Å². The van der Waals surface area contributed by atoms with Crippen molar-refractivity contribution >= 4 is 5.97 Å². The van der Waals surface area contributed by atoms with Gasteiger partial charge in [0.1, 0.15) is 0 Å². The lowest BCUT2D eigenvalue weighted by atomic mass is 10.1. The number of rotatable bonds is 5. The number of aliphatic hydroxyl groups excluding tert-OH is 1. The van der Waals surface area contributed by atoms with Crippen LogP contribution in [0, 0.1) is 0 Å². The van der Waals surface area contributed by atoms with Gasteiger partial charge in [0.15, 0.2) is 0 Å². The molecule has 0 aliphatic carbocycles. The van der Waals surface area contributed by atoms with Crippen LogP contribution >= 0.6 is 0 Å². The lowest BCUT2D eigenvalue weighted by molar-refractivity contribution is 0.0600. The zero-order valence-corrected chi connectivity index (χ0v) is 13.4. The minimum atomic E-state index is -0.291. The first-order chi connectivity index (χ1) is 10.0. The monoisotopic (exact) mass is 290 g/mol. The summed E-state index contributed by atoms with van der Waals surface area (Å²) in [6.45, 7) is 6.42. The average Bonchev–Trinajstić information content (AvgIpc) is 2.48. The van der Waals surface area contributed by atoms with Gasteiger partial charge in [0.25, 0.3) is 0 Å². The molecule has 0 radical (unpaired) electrons. The molecule has 1 N–H and O–H groups in total. The fraction of sp³-hybridized carbons (Fsp3) is 0.389. The molecule has 0 bridgehead atoms. The number of allylic oxidation sites excluding steroid dienone is 3. The van der Waals surface area contributed by atoms with Crippen LogP contribution in [0.5, 0.6) is 0 Å². The number of hydrogen-bond acceptors (Lipinski definition) is 3. The van der Waals surface area contributed by atoms with Crippen LogP contribution < -0.4 is 0 Å². The third-order valence-electron chi connectivity index (χ3n) is 2.73. The lowest BCUT2D eigenvalue weighted by Crippen LogP contribution is -1.99. The van der Waals surface area contributed by atoms with Crippen LogP contribution in [0.15, 0.2) is 53.6 Å². The fourth-order valence-corrected chi connectivity index (χ4v) is 1.54. The highest BCUT2D eigenvalue weighted by atomic mass is 16.5. The molecular formula is C18H26O3. The van der Waals surface area contributed by atoms with Gasteiger partial charge >= 0.3 is 5.97 Å². The number of aliphatic hydroxyl groups is 1. The Morgan fingerprint density at radius 3 is 2.24 bits per heavy atom. The Balaban J connectivity index is 0.000000382. The van der Waals surface area contributed by atoms with Crippen molar-refractivity contribution in [2.45, 2.75) is 33.6 Å². The van der Waals surface area contributed by atoms with Crippen molar-refractivity contribution in [3.05, 3.63) is 59.2 Å². The molecule has 0 amide bonds. The number of methoxy groups -OCH3 is 1. The highest BCUT2D eigenvalue weighted by molar-refractivity contribution is 5.89. The molecule has 1 rings (SSSR count). The number of hydrogen-bond donors (Lipinski definition) is 1. The molecule has 1 aromatic rings. The standard InChI is InChI=1S/C10H18O.C8H8O2/c1-9(2)5-4-6-10(3)7-8-11;1-10-8(9)7-5-3-2-4-6-7/h5,7,11H,4,6,8H2,1-3H3;2-6H,1H3/b10-7-;. The van der Waals surface area contributed by atoms with Gasteiger partial charge in [0.05, 0.1) is 19.3 Å². The van der Waals surface area contributed by atoms with E-state index in [1.807, 2.05) is 12.1 Å². The van der Waals surface area contributed by atoms with Gasteiger partial charge in [-0.2, -0.15) is 0 Å². The van der Waals surface area contributed by atoms with E-state index in [2.05, 4.69) is 31.6 Å². The van der Waals surface area contributed by atoms with Crippen molar-refractivity contribution < 1.29 is 14.6 Å². The topological polar surface area (TPSA) is 46.5 Å². The summed E-state index contributed by atoms with van der Waals surface area (Å²) in [5.74, 6) is -0.291. The van der Waals surface area contributed by atoms with E-state index in [0.717, 1.165) is 12.8 Å². The van der Waals surface area contributed by atoms with Crippen LogP contribution in [0.25, 0.3) is 0 Å². The maximum Gasteiger partial charge on any atom is 0.337 e. The maximum atomic E-state index is 10.8. The smallest absolute Gasteiger partial charge is 0.337 e. The number of carbonyl (C=O) groups excluding carboxylic acids is 1. The molecule has 1 aromatic carbocycles. The normalized spacial score (nSPS) is 10.2. The second-order valence-corrected chi connectivity index (χ2v) is 4.91. The average molecular weight is 290 g/mol. The molecule has 0 atom stereocenters. The van der Waals surface area contributed by atoms with Gasteiger partial charge in [-0.1, -0.05) is 41.5 Å². The molecule has 0 saturated carbocycles. The Kier molecular flexibility index (Phi) is 10.9. The first kappa shape index (κ1) is 19.1. The summed E-state index contributed by atoms with van der Waals surface area (Å²) in [5, 5.41) is 8.55. The quantitative estimate of drug-likeness (QED) is 0.654. The predicted molar refractivity (Wildman–Crippen MR) is 87.3 cm³/mol. The maximum absolute atomic E-state index is 10.8. The SMILES string of the molecule is CC(C)=CCC/C(C)=C\CO.COC(=O)c1ccccc1. The second-order valence-electron chi connectivity index (χ2n) is 4.91. The Bertz CT molecular complexity index is 455. The molecule has 116 valence electrons. The zero-order valence-electron chi connectivity index (χ0n) is 13.4. The summed E-state index contributed by atoms with van der Waals surface area (Å²) in [7, 11) is 1.37. The zero-order chi connectivity index (χ0) is 16.1. The van der Waals surface area contributed by atoms with Crippen LogP contribution in [-0.2, 0) is 4.74 Å². The Labute approximate surface area is 128 Å². The van der Waals surface area contributed by atoms with E-state index in [1.54, 1.807) is 24.3 Å². The van der Waals surface area contributed by atoms with Crippen LogP contribution in [0.3, 0.4) is 0 Å². The number of carbonyl (C=O) groups is 1. The number of ether oxygens (including phenoxy) is 1. The fourth-order valence-electron chi connectivity index (χ4n) is 1.54. The van der Waals surface area contributed by atoms with Crippen molar-refractivity contribution in [2.75, 3.05) is 13.7 Å². The third-order valence-corrected chi connectivity index (χ3v) is 2.73. The summed E-state index contributed by atoms with van der Waals surface area (Å²) in [4.78, 5) is 10.8. The van der Waals surface area contributed by atoms with Crippen LogP contribution in [-0.4, -0.2) is 24.8 Å². The number of benzene rings is 1. The van der Waals surface area contributed by atoms with Crippen molar-refractivity contribution in [1.29, 1.82) is 0 Å². The lowest BCUT2D eigenvalue weighted by Gasteiger charge is -1.96. The van der Waals surface area contributed by atoms with Gasteiger partial charge in [0, 0.05) is 0 Å². The van der Waals surface area contributed by atoms with Gasteiger partial charge < -0.3 is 9.84 Å². The van der Waals surface area contributed by atoms with Crippen molar-refractivity contribution in [3.8, 4) is 0 Å². The first-order valence-electron chi connectivity index (χ1n) is 7.04. The van der Waals surface area contributed by atoms with E-state index in [4.69, 9.17) is 5.11 Å². The summed E-state index contributed by atoms with van der Waals surface area (Å²) in [5.41, 5.74) is 3.22. The molecule has 0 fully saturated rings. The molecular weight excluding hydrogens is 264 g/mol. The Morgan fingerprint density at radius 2 is 1.76 bits per heavy atom. The van der Waals surface area contributed by atoms with Gasteiger partial charge in [-0.05, 0) is 45.7 Å². The van der Waals surface area contributed by atoms with Gasteiger partial charge in [-0.25, -0.2) is 4.79 Å². The molecule has 0 aromatic heterocycles. The van der Waals surface area contributed by atoms with E-state index < -0.39 is 0 Å². The van der Waals surface area contributed by atoms with Crippen molar-refractivity contribution in [2.24, 2.45) is 0 Å². The minimum Gasteiger partial charge on any atom is -0.465 e. The van der Waals surface area contributed by atoms with Crippen LogP contribution in [0.1, 0.15) is 44.0 Å². The van der Waals surface area contributed by atoms with E-state index in [1.165, 1.54) is 18.3 Å². The molecule has 3 nitrogen and oxygen atoms in total. The van der Waals surface area contributed by atoms with Crippen LogP contribution in [0.2, 0.25) is 0 Å². The van der Waals surface area contributed by atoms with E-state index in [-0.39, 0.29) is 12.6 Å². The largest absolute Gasteiger partial charge is 0.465 e. The number of esters is 1. The summed E-state index contributed by atoms with van der Waals surface area (Å²) in [6, 6.07) is 8.88. The Hall–Kier alpha value is -1.87. The predicted octanol–water partition coefficient (Wildman–Crippen LogP) is 4.14. The first-order valence-corrected chi connectivity index (χ1v) is 7.04. The van der Waals surface area contributed by atoms with E-state index in [0.29, 0.717) is 5.56 Å². The summed E-state index contributed by atoms with van der Waals surface area (Å²) >= 11 is 0. The van der Waals surface area contributed by atoms with Gasteiger partial charge in [-0.15, -0.1) is 0 Å². The molecule has 0 heterocycles. The molecule has 3 heteroatoms. The molecule has 0 saturated heterocycles. The highest BCUT2D eigenvalue weighted by Gasteiger charge is 2.00. The van der Waals surface area contributed by atoms with E-state index >= 15 is 0 Å². The van der Waals surface area contributed by atoms with Crippen LogP contribution in [0.4, 0.5) is 0 Å². The van der Waals surface area contributed by atoms with Crippen molar-refractivity contribution in [3.63, 3.8) is 0 Å². The summed E-state index contributed by atoms with van der Waals surface area (Å²) in [6.07, 6.45) is 6.23. The van der Waals surface area contributed by atoms with Gasteiger partial charge in [0.2, 0.25) is 0 Å². The molecule has 21 heavy (non-hydrogen) atoms. The second kappa shape index (κ2) is 11.9.